The fourth-order valence-corrected chi connectivity index (χ4v) is 4.32. The van der Waals surface area contributed by atoms with Gasteiger partial charge in [-0.2, -0.15) is 5.10 Å². The van der Waals surface area contributed by atoms with Crippen molar-refractivity contribution < 1.29 is 13.2 Å². The first-order chi connectivity index (χ1) is 14.7. The van der Waals surface area contributed by atoms with Gasteiger partial charge in [0, 0.05) is 23.5 Å². The Morgan fingerprint density at radius 2 is 1.77 bits per heavy atom. The van der Waals surface area contributed by atoms with Crippen LogP contribution in [0.25, 0.3) is 0 Å². The van der Waals surface area contributed by atoms with Gasteiger partial charge >= 0.3 is 6.03 Å². The Morgan fingerprint density at radius 3 is 2.45 bits per heavy atom. The van der Waals surface area contributed by atoms with E-state index < -0.39 is 16.1 Å². The van der Waals surface area contributed by atoms with E-state index in [9.17, 15) is 13.2 Å². The molecule has 31 heavy (non-hydrogen) atoms. The second-order valence-corrected chi connectivity index (χ2v) is 9.14. The molecule has 2 aromatic carbocycles. The molecule has 8 nitrogen and oxygen atoms in total. The van der Waals surface area contributed by atoms with E-state index in [4.69, 9.17) is 0 Å². The standard InChI is InChI=1S/C22H27N5O3S/c1-15-10-11-19(12-21(15)31(29,30)23-4)25-22(28)24-13-20-16(2)26-27(17(20)3)14-18-8-6-5-7-9-18/h5-12,23H,13-14H2,1-4H3,(H2,24,25,28). The maximum Gasteiger partial charge on any atom is 0.319 e. The molecule has 3 aromatic rings. The van der Waals surface area contributed by atoms with Gasteiger partial charge in [-0.05, 0) is 51.1 Å². The second-order valence-electron chi connectivity index (χ2n) is 7.29. The van der Waals surface area contributed by atoms with Gasteiger partial charge in [-0.25, -0.2) is 17.9 Å². The molecule has 0 aliphatic carbocycles. The number of aryl methyl sites for hydroxylation is 2. The quantitative estimate of drug-likeness (QED) is 0.524. The molecule has 3 rings (SSSR count). The normalized spacial score (nSPS) is 11.4. The Morgan fingerprint density at radius 1 is 1.06 bits per heavy atom. The van der Waals surface area contributed by atoms with Crippen molar-refractivity contribution in [3.05, 3.63) is 76.6 Å². The van der Waals surface area contributed by atoms with Crippen LogP contribution in [0, 0.1) is 20.8 Å². The van der Waals surface area contributed by atoms with Crippen LogP contribution in [0.3, 0.4) is 0 Å². The van der Waals surface area contributed by atoms with E-state index in [0.29, 0.717) is 24.3 Å². The van der Waals surface area contributed by atoms with Crippen molar-refractivity contribution in [3.8, 4) is 0 Å². The largest absolute Gasteiger partial charge is 0.334 e. The summed E-state index contributed by atoms with van der Waals surface area (Å²) < 4.78 is 28.5. The summed E-state index contributed by atoms with van der Waals surface area (Å²) in [5, 5.41) is 10.1. The molecule has 0 saturated heterocycles. The van der Waals surface area contributed by atoms with Gasteiger partial charge in [0.25, 0.3) is 0 Å². The van der Waals surface area contributed by atoms with Gasteiger partial charge in [0.1, 0.15) is 0 Å². The van der Waals surface area contributed by atoms with Crippen molar-refractivity contribution in [1.29, 1.82) is 0 Å². The molecule has 0 aliphatic heterocycles. The molecule has 0 aliphatic rings. The van der Waals surface area contributed by atoms with Crippen LogP contribution >= 0.6 is 0 Å². The van der Waals surface area contributed by atoms with E-state index >= 15 is 0 Å². The molecule has 0 spiro atoms. The van der Waals surface area contributed by atoms with Crippen LogP contribution in [0.2, 0.25) is 0 Å². The molecule has 0 fully saturated rings. The highest BCUT2D eigenvalue weighted by Crippen LogP contribution is 2.20. The molecule has 9 heteroatoms. The highest BCUT2D eigenvalue weighted by Gasteiger charge is 2.16. The number of hydrogen-bond acceptors (Lipinski definition) is 4. The highest BCUT2D eigenvalue weighted by atomic mass is 32.2. The van der Waals surface area contributed by atoms with E-state index in [1.54, 1.807) is 19.1 Å². The summed E-state index contributed by atoms with van der Waals surface area (Å²) in [6, 6.07) is 14.4. The van der Waals surface area contributed by atoms with Crippen LogP contribution in [-0.4, -0.2) is 31.3 Å². The Kier molecular flexibility index (Phi) is 6.77. The van der Waals surface area contributed by atoms with Crippen molar-refractivity contribution in [3.63, 3.8) is 0 Å². The number of nitrogens with zero attached hydrogens (tertiary/aromatic N) is 2. The minimum atomic E-state index is -3.61. The molecule has 3 N–H and O–H groups in total. The first-order valence-electron chi connectivity index (χ1n) is 9.87. The zero-order valence-electron chi connectivity index (χ0n) is 18.1. The Bertz CT molecular complexity index is 1190. The average Bonchev–Trinajstić information content (AvgIpc) is 3.01. The van der Waals surface area contributed by atoms with Gasteiger partial charge in [-0.3, -0.25) is 4.68 Å². The number of carbonyl (C=O) groups is 1. The van der Waals surface area contributed by atoms with Crippen LogP contribution in [0.15, 0.2) is 53.4 Å². The topological polar surface area (TPSA) is 105 Å². The van der Waals surface area contributed by atoms with Crippen LogP contribution < -0.4 is 15.4 Å². The van der Waals surface area contributed by atoms with Crippen LogP contribution in [-0.2, 0) is 23.1 Å². The maximum absolute atomic E-state index is 12.4. The lowest BCUT2D eigenvalue weighted by molar-refractivity contribution is 0.251. The monoisotopic (exact) mass is 441 g/mol. The number of nitrogens with one attached hydrogen (secondary N) is 3. The van der Waals surface area contributed by atoms with Gasteiger partial charge in [0.05, 0.1) is 17.1 Å². The number of anilines is 1. The summed E-state index contributed by atoms with van der Waals surface area (Å²) in [5.74, 6) is 0. The number of rotatable bonds is 7. The van der Waals surface area contributed by atoms with Crippen LogP contribution in [0.5, 0.6) is 0 Å². The molecule has 0 atom stereocenters. The van der Waals surface area contributed by atoms with E-state index in [0.717, 1.165) is 22.5 Å². The van der Waals surface area contributed by atoms with E-state index in [2.05, 4.69) is 20.5 Å². The number of urea groups is 1. The lowest BCUT2D eigenvalue weighted by Gasteiger charge is -2.11. The highest BCUT2D eigenvalue weighted by molar-refractivity contribution is 7.89. The zero-order valence-corrected chi connectivity index (χ0v) is 18.9. The van der Waals surface area contributed by atoms with Gasteiger partial charge < -0.3 is 10.6 Å². The summed E-state index contributed by atoms with van der Waals surface area (Å²) in [6.45, 7) is 6.56. The molecule has 0 bridgehead atoms. The third-order valence-electron chi connectivity index (χ3n) is 5.14. The van der Waals surface area contributed by atoms with E-state index in [1.807, 2.05) is 48.9 Å². The number of aromatic nitrogens is 2. The third-order valence-corrected chi connectivity index (χ3v) is 6.69. The second kappa shape index (κ2) is 9.32. The summed E-state index contributed by atoms with van der Waals surface area (Å²) in [5.41, 5.74) is 4.93. The summed E-state index contributed by atoms with van der Waals surface area (Å²) in [7, 11) is -2.26. The molecule has 1 aromatic heterocycles. The minimum Gasteiger partial charge on any atom is -0.334 e. The third kappa shape index (κ3) is 5.31. The summed E-state index contributed by atoms with van der Waals surface area (Å²) in [6.07, 6.45) is 0. The van der Waals surface area contributed by atoms with Gasteiger partial charge in [0.15, 0.2) is 0 Å². The molecule has 0 saturated carbocycles. The number of benzene rings is 2. The fourth-order valence-electron chi connectivity index (χ4n) is 3.32. The van der Waals surface area contributed by atoms with Crippen LogP contribution in [0.1, 0.15) is 28.1 Å². The molecular formula is C22H27N5O3S. The molecule has 1 heterocycles. The van der Waals surface area contributed by atoms with Gasteiger partial charge in [0.2, 0.25) is 10.0 Å². The molecule has 0 unspecified atom stereocenters. The first-order valence-corrected chi connectivity index (χ1v) is 11.4. The Labute approximate surface area is 182 Å². The molecule has 0 radical (unpaired) electrons. The maximum atomic E-state index is 12.4. The number of hydrogen-bond donors (Lipinski definition) is 3. The predicted octanol–water partition coefficient (Wildman–Crippen LogP) is 3.09. The smallest absolute Gasteiger partial charge is 0.319 e. The lowest BCUT2D eigenvalue weighted by atomic mass is 10.2. The molecule has 2 amide bonds. The fraction of sp³-hybridized carbons (Fsp3) is 0.273. The Hall–Kier alpha value is -3.17. The summed E-state index contributed by atoms with van der Waals surface area (Å²) >= 11 is 0. The molecule has 164 valence electrons. The lowest BCUT2D eigenvalue weighted by Crippen LogP contribution is -2.29. The van der Waals surface area contributed by atoms with Gasteiger partial charge in [-0.1, -0.05) is 36.4 Å². The number of amides is 2. The minimum absolute atomic E-state index is 0.127. The van der Waals surface area contributed by atoms with Crippen molar-refractivity contribution in [1.82, 2.24) is 19.8 Å². The van der Waals surface area contributed by atoms with Crippen molar-refractivity contribution in [2.24, 2.45) is 0 Å². The van der Waals surface area contributed by atoms with Gasteiger partial charge in [-0.15, -0.1) is 0 Å². The van der Waals surface area contributed by atoms with Crippen molar-refractivity contribution in [2.45, 2.75) is 38.8 Å². The van der Waals surface area contributed by atoms with Crippen LogP contribution in [0.4, 0.5) is 10.5 Å². The predicted molar refractivity (Wildman–Crippen MR) is 121 cm³/mol. The van der Waals surface area contributed by atoms with Crippen molar-refractivity contribution in [2.75, 3.05) is 12.4 Å². The number of sulfonamides is 1. The number of carbonyl (C=O) groups excluding carboxylic acids is 1. The first kappa shape index (κ1) is 22.5. The van der Waals surface area contributed by atoms with E-state index in [1.165, 1.54) is 13.1 Å². The average molecular weight is 442 g/mol. The SMILES string of the molecule is CNS(=O)(=O)c1cc(NC(=O)NCc2c(C)nn(Cc3ccccc3)c2C)ccc1C. The van der Waals surface area contributed by atoms with Crippen molar-refractivity contribution >= 4 is 21.7 Å². The molecular weight excluding hydrogens is 414 g/mol. The Balaban J connectivity index is 1.67. The summed E-state index contributed by atoms with van der Waals surface area (Å²) in [4.78, 5) is 12.5. The van der Waals surface area contributed by atoms with E-state index in [-0.39, 0.29) is 4.90 Å². The zero-order chi connectivity index (χ0) is 22.6.